The number of hydrogen-bond donors (Lipinski definition) is 1. The van der Waals surface area contributed by atoms with Crippen LogP contribution in [0.15, 0.2) is 11.2 Å². The van der Waals surface area contributed by atoms with Gasteiger partial charge in [-0.3, -0.25) is 0 Å². The summed E-state index contributed by atoms with van der Waals surface area (Å²) in [6.07, 6.45) is 0. The van der Waals surface area contributed by atoms with Crippen LogP contribution in [-0.4, -0.2) is 20.2 Å². The maximum absolute atomic E-state index is 5.58. The van der Waals surface area contributed by atoms with Crippen molar-refractivity contribution in [1.29, 1.82) is 0 Å². The average Bonchev–Trinajstić information content (AvgIpc) is 2.70. The zero-order chi connectivity index (χ0) is 15.6. The molecule has 0 spiro atoms. The zero-order valence-corrected chi connectivity index (χ0v) is 14.0. The molecule has 0 radical (unpaired) electrons. The molecule has 0 aliphatic rings. The number of aromatic nitrogens is 3. The Kier molecular flexibility index (Phi) is 4.69. The van der Waals surface area contributed by atoms with Crippen LogP contribution < -0.4 is 10.6 Å². The van der Waals surface area contributed by atoms with E-state index < -0.39 is 0 Å². The number of rotatable bonds is 4. The van der Waals surface area contributed by atoms with Crippen molar-refractivity contribution in [2.45, 2.75) is 34.2 Å². The molecule has 2 heterocycles. The van der Waals surface area contributed by atoms with E-state index in [9.17, 15) is 0 Å². The van der Waals surface area contributed by atoms with E-state index in [-0.39, 0.29) is 5.95 Å². The number of nitrogen functional groups attached to an aromatic ring is 1. The monoisotopic (exact) mass is 323 g/mol. The van der Waals surface area contributed by atoms with Crippen LogP contribution in [0.5, 0.6) is 5.88 Å². The Balaban J connectivity index is 2.27. The minimum absolute atomic E-state index is 0.168. The van der Waals surface area contributed by atoms with Crippen molar-refractivity contribution < 1.29 is 4.84 Å². The van der Waals surface area contributed by atoms with E-state index in [1.165, 1.54) is 11.3 Å². The van der Waals surface area contributed by atoms with Crippen LogP contribution in [0.4, 0.5) is 5.95 Å². The number of nitrogens with zero attached hydrogens (tertiary/aromatic N) is 4. The highest BCUT2D eigenvalue weighted by atomic mass is 32.1. The van der Waals surface area contributed by atoms with Gasteiger partial charge in [0.15, 0.2) is 3.95 Å². The van der Waals surface area contributed by atoms with Gasteiger partial charge < -0.3 is 15.1 Å². The molecule has 0 unspecified atom stereocenters. The Morgan fingerprint density at radius 3 is 2.76 bits per heavy atom. The van der Waals surface area contributed by atoms with Gasteiger partial charge in [0.25, 0.3) is 5.88 Å². The second kappa shape index (κ2) is 6.31. The number of aryl methyl sites for hydroxylation is 1. The molecule has 0 saturated heterocycles. The second-order valence-electron chi connectivity index (χ2n) is 4.50. The molecule has 0 aromatic carbocycles. The highest BCUT2D eigenvalue weighted by molar-refractivity contribution is 7.73. The fourth-order valence-electron chi connectivity index (χ4n) is 1.94. The van der Waals surface area contributed by atoms with Crippen molar-refractivity contribution in [1.82, 2.24) is 14.5 Å². The lowest BCUT2D eigenvalue weighted by molar-refractivity contribution is 0.327. The third kappa shape index (κ3) is 3.45. The van der Waals surface area contributed by atoms with Crippen LogP contribution >= 0.6 is 23.6 Å². The molecule has 112 valence electrons. The van der Waals surface area contributed by atoms with E-state index in [4.69, 9.17) is 22.8 Å². The van der Waals surface area contributed by atoms with Crippen molar-refractivity contribution >= 4 is 35.2 Å². The quantitative estimate of drug-likeness (QED) is 0.531. The first-order valence-corrected chi connectivity index (χ1v) is 7.68. The molecular weight excluding hydrogens is 306 g/mol. The van der Waals surface area contributed by atoms with Gasteiger partial charge >= 0.3 is 0 Å². The van der Waals surface area contributed by atoms with Gasteiger partial charge in [-0.15, -0.1) is 11.3 Å². The Morgan fingerprint density at radius 2 is 2.19 bits per heavy atom. The fourth-order valence-corrected chi connectivity index (χ4v) is 3.45. The smallest absolute Gasteiger partial charge is 0.253 e. The number of nitrogens with two attached hydrogens (primary N) is 1. The van der Waals surface area contributed by atoms with E-state index in [0.29, 0.717) is 5.88 Å². The first-order valence-electron chi connectivity index (χ1n) is 6.45. The van der Waals surface area contributed by atoms with E-state index in [2.05, 4.69) is 26.6 Å². The van der Waals surface area contributed by atoms with Crippen molar-refractivity contribution in [3.8, 4) is 5.88 Å². The second-order valence-corrected chi connectivity index (χ2v) is 6.14. The molecule has 0 atom stereocenters. The summed E-state index contributed by atoms with van der Waals surface area (Å²) in [5, 5.41) is 4.12. The van der Waals surface area contributed by atoms with Crippen LogP contribution in [0.1, 0.15) is 30.1 Å². The Hall–Kier alpha value is -1.80. The van der Waals surface area contributed by atoms with Crippen LogP contribution in [0.25, 0.3) is 0 Å². The zero-order valence-electron chi connectivity index (χ0n) is 12.4. The number of anilines is 1. The van der Waals surface area contributed by atoms with E-state index in [0.717, 1.165) is 32.5 Å². The van der Waals surface area contributed by atoms with Crippen LogP contribution in [0.3, 0.4) is 0 Å². The Labute approximate surface area is 132 Å². The maximum Gasteiger partial charge on any atom is 0.253 e. The summed E-state index contributed by atoms with van der Waals surface area (Å²) in [5.41, 5.74) is 8.16. The standard InChI is InChI=1S/C13H17N5OS2/c1-5-18-9(4)11(21-13(18)20)8(3)17-19-10-6-7(2)15-12(14)16-10/h6H,5H2,1-4H3,(H2,14,15,16)/b17-8+. The predicted octanol–water partition coefficient (Wildman–Crippen LogP) is 3.09. The molecule has 8 heteroatoms. The Bertz CT molecular complexity index is 727. The molecule has 0 aliphatic heterocycles. The van der Waals surface area contributed by atoms with E-state index in [1.54, 1.807) is 6.07 Å². The van der Waals surface area contributed by atoms with Crippen LogP contribution in [0, 0.1) is 17.8 Å². The molecule has 2 aromatic heterocycles. The summed E-state index contributed by atoms with van der Waals surface area (Å²) in [5.74, 6) is 0.498. The van der Waals surface area contributed by atoms with Gasteiger partial charge in [0.2, 0.25) is 5.95 Å². The molecule has 2 N–H and O–H groups in total. The molecule has 0 bridgehead atoms. The summed E-state index contributed by atoms with van der Waals surface area (Å²) < 4.78 is 2.91. The van der Waals surface area contributed by atoms with Crippen molar-refractivity contribution in [3.63, 3.8) is 0 Å². The minimum Gasteiger partial charge on any atom is -0.368 e. The molecule has 2 rings (SSSR count). The van der Waals surface area contributed by atoms with Gasteiger partial charge in [0.1, 0.15) is 0 Å². The van der Waals surface area contributed by atoms with Crippen molar-refractivity contribution in [3.05, 3.63) is 26.3 Å². The number of hydrogen-bond acceptors (Lipinski definition) is 7. The fraction of sp³-hybridized carbons (Fsp3) is 0.385. The molecule has 0 fully saturated rings. The topological polar surface area (TPSA) is 78.3 Å². The molecule has 0 aliphatic carbocycles. The summed E-state index contributed by atoms with van der Waals surface area (Å²) in [6, 6.07) is 1.68. The first-order chi connectivity index (χ1) is 9.92. The van der Waals surface area contributed by atoms with Gasteiger partial charge in [0.05, 0.1) is 10.6 Å². The van der Waals surface area contributed by atoms with Gasteiger partial charge in [-0.25, -0.2) is 4.98 Å². The van der Waals surface area contributed by atoms with E-state index in [1.807, 2.05) is 20.8 Å². The SMILES string of the molecule is CCn1c(C)c(/C(C)=N/Oc2cc(C)nc(N)n2)sc1=S. The predicted molar refractivity (Wildman–Crippen MR) is 87.6 cm³/mol. The molecule has 2 aromatic rings. The highest BCUT2D eigenvalue weighted by Gasteiger charge is 2.11. The third-order valence-electron chi connectivity index (χ3n) is 2.91. The molecule has 21 heavy (non-hydrogen) atoms. The van der Waals surface area contributed by atoms with Crippen molar-refractivity contribution in [2.24, 2.45) is 5.16 Å². The summed E-state index contributed by atoms with van der Waals surface area (Å²) in [7, 11) is 0. The minimum atomic E-state index is 0.168. The van der Waals surface area contributed by atoms with Gasteiger partial charge in [-0.1, -0.05) is 5.16 Å². The lowest BCUT2D eigenvalue weighted by Gasteiger charge is -2.04. The van der Waals surface area contributed by atoms with Crippen LogP contribution in [0.2, 0.25) is 0 Å². The first kappa shape index (κ1) is 15.6. The average molecular weight is 323 g/mol. The van der Waals surface area contributed by atoms with Gasteiger partial charge in [-0.05, 0) is 39.9 Å². The summed E-state index contributed by atoms with van der Waals surface area (Å²) >= 11 is 6.86. The number of thiazole rings is 1. The summed E-state index contributed by atoms with van der Waals surface area (Å²) in [4.78, 5) is 14.3. The highest BCUT2D eigenvalue weighted by Crippen LogP contribution is 2.20. The van der Waals surface area contributed by atoms with E-state index >= 15 is 0 Å². The van der Waals surface area contributed by atoms with Gasteiger partial charge in [0, 0.05) is 24.0 Å². The molecule has 6 nitrogen and oxygen atoms in total. The molecular formula is C13H17N5OS2. The number of oxime groups is 1. The molecule has 0 amide bonds. The van der Waals surface area contributed by atoms with Gasteiger partial charge in [-0.2, -0.15) is 4.98 Å². The largest absolute Gasteiger partial charge is 0.368 e. The lowest BCUT2D eigenvalue weighted by Crippen LogP contribution is -2.03. The third-order valence-corrected chi connectivity index (χ3v) is 4.57. The maximum atomic E-state index is 5.58. The van der Waals surface area contributed by atoms with Crippen molar-refractivity contribution in [2.75, 3.05) is 5.73 Å². The Morgan fingerprint density at radius 1 is 1.48 bits per heavy atom. The lowest BCUT2D eigenvalue weighted by atomic mass is 10.3. The molecule has 0 saturated carbocycles. The normalized spacial score (nSPS) is 11.7. The summed E-state index contributed by atoms with van der Waals surface area (Å²) in [6.45, 7) is 8.63. The van der Waals surface area contributed by atoms with Crippen LogP contribution in [-0.2, 0) is 6.54 Å².